The van der Waals surface area contributed by atoms with Crippen molar-refractivity contribution >= 4 is 22.0 Å². The third-order valence-electron chi connectivity index (χ3n) is 3.21. The van der Waals surface area contributed by atoms with E-state index < -0.39 is 0 Å². The Balaban J connectivity index is 2.55. The van der Waals surface area contributed by atoms with Crippen LogP contribution < -0.4 is 0 Å². The van der Waals surface area contributed by atoms with E-state index in [1.165, 1.54) is 16.7 Å². The van der Waals surface area contributed by atoms with Crippen molar-refractivity contribution in [3.8, 4) is 0 Å². The molecule has 0 atom stereocenters. The summed E-state index contributed by atoms with van der Waals surface area (Å²) < 4.78 is 1.11. The molecule has 3 heteroatoms. The summed E-state index contributed by atoms with van der Waals surface area (Å²) in [6.45, 7) is 4.15. The van der Waals surface area contributed by atoms with E-state index in [1.807, 2.05) is 6.07 Å². The Bertz CT molecular complexity index is 457. The van der Waals surface area contributed by atoms with E-state index in [4.69, 9.17) is 0 Å². The molecule has 1 aliphatic carbocycles. The lowest BCUT2D eigenvalue weighted by molar-refractivity contribution is 0.556. The van der Waals surface area contributed by atoms with Gasteiger partial charge in [-0.2, -0.15) is 4.99 Å². The highest BCUT2D eigenvalue weighted by atomic mass is 79.9. The highest BCUT2D eigenvalue weighted by Crippen LogP contribution is 2.51. The Hall–Kier alpha value is -0.920. The molecular weight excluding hydrogens is 254 g/mol. The van der Waals surface area contributed by atoms with Crippen LogP contribution in [-0.2, 0) is 10.3 Å². The minimum Gasteiger partial charge on any atom is -0.211 e. The van der Waals surface area contributed by atoms with E-state index in [0.717, 1.165) is 17.3 Å². The molecule has 1 aromatic rings. The number of nitrogens with zero attached hydrogens (tertiary/aromatic N) is 1. The van der Waals surface area contributed by atoms with Crippen molar-refractivity contribution in [2.75, 3.05) is 0 Å². The minimum atomic E-state index is -0.253. The first-order valence-electron chi connectivity index (χ1n) is 4.96. The smallest absolute Gasteiger partial charge is 0.211 e. The summed E-state index contributed by atoms with van der Waals surface area (Å²) in [5.41, 5.74) is 3.37. The van der Waals surface area contributed by atoms with Gasteiger partial charge in [-0.05, 0) is 49.4 Å². The molecule has 2 rings (SSSR count). The maximum absolute atomic E-state index is 10.4. The Labute approximate surface area is 97.5 Å². The lowest BCUT2D eigenvalue weighted by Crippen LogP contribution is -2.06. The molecule has 1 aromatic carbocycles. The Morgan fingerprint density at radius 1 is 1.33 bits per heavy atom. The lowest BCUT2D eigenvalue weighted by atomic mass is 9.96. The van der Waals surface area contributed by atoms with E-state index in [1.54, 1.807) is 6.08 Å². The van der Waals surface area contributed by atoms with E-state index >= 15 is 0 Å². The van der Waals surface area contributed by atoms with E-state index in [0.29, 0.717) is 0 Å². The molecule has 0 aliphatic heterocycles. The van der Waals surface area contributed by atoms with Crippen molar-refractivity contribution < 1.29 is 4.79 Å². The number of benzene rings is 1. The van der Waals surface area contributed by atoms with Gasteiger partial charge >= 0.3 is 0 Å². The van der Waals surface area contributed by atoms with Crippen molar-refractivity contribution in [1.29, 1.82) is 0 Å². The number of halogens is 1. The fraction of sp³-hybridized carbons (Fsp3) is 0.417. The van der Waals surface area contributed by atoms with Crippen LogP contribution in [0.15, 0.2) is 21.6 Å². The highest BCUT2D eigenvalue weighted by Gasteiger charge is 2.45. The predicted octanol–water partition coefficient (Wildman–Crippen LogP) is 3.39. The quantitative estimate of drug-likeness (QED) is 0.596. The third kappa shape index (κ3) is 1.66. The second-order valence-electron chi connectivity index (χ2n) is 4.08. The molecule has 0 spiro atoms. The average Bonchev–Trinajstić information content (AvgIpc) is 2.96. The molecule has 1 aliphatic rings. The zero-order valence-corrected chi connectivity index (χ0v) is 10.4. The molecular formula is C12H12BrNO. The maximum atomic E-state index is 10.4. The van der Waals surface area contributed by atoms with Crippen LogP contribution in [-0.4, -0.2) is 6.08 Å². The van der Waals surface area contributed by atoms with Crippen LogP contribution in [0.2, 0.25) is 0 Å². The molecule has 0 aromatic heterocycles. The topological polar surface area (TPSA) is 29.4 Å². The van der Waals surface area contributed by atoms with E-state index in [2.05, 4.69) is 40.8 Å². The number of carbonyl (C=O) groups excluding carboxylic acids is 1. The second-order valence-corrected chi connectivity index (χ2v) is 4.93. The summed E-state index contributed by atoms with van der Waals surface area (Å²) in [6, 6.07) is 4.08. The standard InChI is InChI=1S/C12H12BrNO/c1-8-9(2)11(13)4-3-10(8)12(5-6-12)14-7-15/h3-4H,5-6H2,1-2H3. The molecule has 0 saturated heterocycles. The summed E-state index contributed by atoms with van der Waals surface area (Å²) >= 11 is 3.50. The molecule has 78 valence electrons. The first kappa shape index (κ1) is 10.6. The van der Waals surface area contributed by atoms with Crippen molar-refractivity contribution in [3.63, 3.8) is 0 Å². The molecule has 0 N–H and O–H groups in total. The summed E-state index contributed by atoms with van der Waals surface area (Å²) in [5, 5.41) is 0. The number of rotatable bonds is 2. The van der Waals surface area contributed by atoms with Crippen LogP contribution in [0.4, 0.5) is 0 Å². The van der Waals surface area contributed by atoms with Gasteiger partial charge in [0.25, 0.3) is 0 Å². The van der Waals surface area contributed by atoms with Gasteiger partial charge < -0.3 is 0 Å². The largest absolute Gasteiger partial charge is 0.235 e. The number of hydrogen-bond acceptors (Lipinski definition) is 2. The molecule has 0 bridgehead atoms. The molecule has 0 unspecified atom stereocenters. The maximum Gasteiger partial charge on any atom is 0.235 e. The van der Waals surface area contributed by atoms with Gasteiger partial charge in [0.15, 0.2) is 0 Å². The summed E-state index contributed by atoms with van der Waals surface area (Å²) in [5.74, 6) is 0. The minimum absolute atomic E-state index is 0.253. The van der Waals surface area contributed by atoms with E-state index in [-0.39, 0.29) is 5.54 Å². The number of hydrogen-bond donors (Lipinski definition) is 0. The monoisotopic (exact) mass is 265 g/mol. The SMILES string of the molecule is Cc1c(Br)ccc(C2(N=C=O)CC2)c1C. The zero-order chi connectivity index (χ0) is 11.1. The van der Waals surface area contributed by atoms with Crippen molar-refractivity contribution in [3.05, 3.63) is 33.3 Å². The second kappa shape index (κ2) is 3.58. The first-order valence-corrected chi connectivity index (χ1v) is 5.75. The number of isocyanates is 1. The fourth-order valence-corrected chi connectivity index (χ4v) is 2.37. The van der Waals surface area contributed by atoms with Gasteiger partial charge in [0.05, 0.1) is 5.54 Å². The molecule has 1 saturated carbocycles. The van der Waals surface area contributed by atoms with Gasteiger partial charge in [-0.15, -0.1) is 0 Å². The van der Waals surface area contributed by atoms with Crippen molar-refractivity contribution in [2.45, 2.75) is 32.2 Å². The molecule has 2 nitrogen and oxygen atoms in total. The summed E-state index contributed by atoms with van der Waals surface area (Å²) in [7, 11) is 0. The van der Waals surface area contributed by atoms with Crippen LogP contribution in [0.5, 0.6) is 0 Å². The van der Waals surface area contributed by atoms with Gasteiger partial charge in [0.2, 0.25) is 6.08 Å². The Kier molecular flexibility index (Phi) is 2.53. The fourth-order valence-electron chi connectivity index (χ4n) is 1.94. The van der Waals surface area contributed by atoms with Crippen molar-refractivity contribution in [1.82, 2.24) is 0 Å². The molecule has 1 fully saturated rings. The van der Waals surface area contributed by atoms with Crippen LogP contribution in [0.1, 0.15) is 29.5 Å². The normalized spacial score (nSPS) is 17.0. The predicted molar refractivity (Wildman–Crippen MR) is 62.6 cm³/mol. The van der Waals surface area contributed by atoms with Crippen molar-refractivity contribution in [2.24, 2.45) is 4.99 Å². The molecule has 0 heterocycles. The Morgan fingerprint density at radius 3 is 2.53 bits per heavy atom. The highest BCUT2D eigenvalue weighted by molar-refractivity contribution is 9.10. The Morgan fingerprint density at radius 2 is 2.00 bits per heavy atom. The van der Waals surface area contributed by atoms with Gasteiger partial charge in [0, 0.05) is 4.47 Å². The van der Waals surface area contributed by atoms with Gasteiger partial charge in [-0.25, -0.2) is 4.79 Å². The van der Waals surface area contributed by atoms with Crippen LogP contribution in [0, 0.1) is 13.8 Å². The van der Waals surface area contributed by atoms with Gasteiger partial charge in [-0.3, -0.25) is 0 Å². The van der Waals surface area contributed by atoms with Crippen LogP contribution >= 0.6 is 15.9 Å². The van der Waals surface area contributed by atoms with E-state index in [9.17, 15) is 4.79 Å². The molecule has 0 radical (unpaired) electrons. The third-order valence-corrected chi connectivity index (χ3v) is 4.06. The molecule has 15 heavy (non-hydrogen) atoms. The first-order chi connectivity index (χ1) is 7.10. The summed E-state index contributed by atoms with van der Waals surface area (Å²) in [6.07, 6.45) is 3.62. The number of aliphatic imine (C=N–C) groups is 1. The molecule has 0 amide bonds. The lowest BCUT2D eigenvalue weighted by Gasteiger charge is -2.14. The summed E-state index contributed by atoms with van der Waals surface area (Å²) in [4.78, 5) is 14.3. The van der Waals surface area contributed by atoms with Gasteiger partial charge in [-0.1, -0.05) is 22.0 Å². The van der Waals surface area contributed by atoms with Crippen LogP contribution in [0.3, 0.4) is 0 Å². The van der Waals surface area contributed by atoms with Gasteiger partial charge in [0.1, 0.15) is 0 Å². The van der Waals surface area contributed by atoms with Crippen LogP contribution in [0.25, 0.3) is 0 Å². The zero-order valence-electron chi connectivity index (χ0n) is 8.80. The average molecular weight is 266 g/mol.